The summed E-state index contributed by atoms with van der Waals surface area (Å²) in [6.45, 7) is 0.699. The summed E-state index contributed by atoms with van der Waals surface area (Å²) in [6, 6.07) is 16.6. The Morgan fingerprint density at radius 3 is 2.34 bits per heavy atom. The van der Waals surface area contributed by atoms with Crippen LogP contribution in [0.3, 0.4) is 0 Å². The van der Waals surface area contributed by atoms with Crippen LogP contribution in [-0.4, -0.2) is 53.8 Å². The van der Waals surface area contributed by atoms with Gasteiger partial charge in [0.2, 0.25) is 5.91 Å². The summed E-state index contributed by atoms with van der Waals surface area (Å²) in [4.78, 5) is 35.6. The molecule has 2 amide bonds. The molecule has 5 rings (SSSR count). The third-order valence-electron chi connectivity index (χ3n) is 7.61. The fraction of sp³-hybridized carbons (Fsp3) is 0.444. The third-order valence-corrected chi connectivity index (χ3v) is 8.57. The van der Waals surface area contributed by atoms with Crippen LogP contribution in [-0.2, 0) is 14.3 Å². The number of hydrogen-bond donors (Lipinski definition) is 3. The summed E-state index contributed by atoms with van der Waals surface area (Å²) in [5, 5.41) is 15.0. The predicted octanol–water partition coefficient (Wildman–Crippen LogP) is 3.87. The van der Waals surface area contributed by atoms with Crippen LogP contribution in [0.15, 0.2) is 48.5 Å². The first kappa shape index (κ1) is 23.7. The Hall–Kier alpha value is -3.00. The van der Waals surface area contributed by atoms with Gasteiger partial charge >= 0.3 is 12.1 Å². The molecule has 35 heavy (non-hydrogen) atoms. The van der Waals surface area contributed by atoms with Gasteiger partial charge in [-0.3, -0.25) is 9.59 Å². The molecule has 0 aromatic heterocycles. The Balaban J connectivity index is 0.983. The lowest BCUT2D eigenvalue weighted by atomic mass is 9.71. The molecule has 1 unspecified atom stereocenters. The average Bonchev–Trinajstić information content (AvgIpc) is 3.36. The largest absolute Gasteiger partial charge is 0.481 e. The highest BCUT2D eigenvalue weighted by molar-refractivity contribution is 7.99. The number of hydrogen-bond acceptors (Lipinski definition) is 5. The first-order chi connectivity index (χ1) is 17.0. The van der Waals surface area contributed by atoms with Crippen LogP contribution in [0.2, 0.25) is 0 Å². The normalized spacial score (nSPS) is 24.0. The number of carboxylic acids is 1. The van der Waals surface area contributed by atoms with Gasteiger partial charge in [0, 0.05) is 24.3 Å². The van der Waals surface area contributed by atoms with Gasteiger partial charge in [0.05, 0.1) is 11.7 Å². The van der Waals surface area contributed by atoms with Gasteiger partial charge in [0.1, 0.15) is 6.61 Å². The van der Waals surface area contributed by atoms with Crippen molar-refractivity contribution in [2.45, 2.75) is 31.2 Å². The number of benzene rings is 2. The van der Waals surface area contributed by atoms with E-state index in [0.717, 1.165) is 12.8 Å². The SMILES string of the molecule is O=C(CSCCNC(=O)OCC1c2ccccc2-c2ccccc21)N[C@H]1C[C@H]2CC(C(=O)O)C[C@H]21. The van der Waals surface area contributed by atoms with Gasteiger partial charge in [-0.25, -0.2) is 4.79 Å². The van der Waals surface area contributed by atoms with E-state index in [9.17, 15) is 19.5 Å². The van der Waals surface area contributed by atoms with E-state index in [-0.39, 0.29) is 30.4 Å². The van der Waals surface area contributed by atoms with E-state index in [2.05, 4.69) is 34.9 Å². The lowest BCUT2D eigenvalue weighted by Crippen LogP contribution is -2.50. The van der Waals surface area contributed by atoms with Crippen LogP contribution >= 0.6 is 11.8 Å². The first-order valence-electron chi connectivity index (χ1n) is 12.2. The number of carbonyl (C=O) groups excluding carboxylic acids is 2. The highest BCUT2D eigenvalue weighted by Crippen LogP contribution is 2.49. The van der Waals surface area contributed by atoms with Crippen molar-refractivity contribution in [2.24, 2.45) is 17.8 Å². The van der Waals surface area contributed by atoms with Crippen molar-refractivity contribution in [1.29, 1.82) is 0 Å². The van der Waals surface area contributed by atoms with E-state index in [0.29, 0.717) is 36.3 Å². The second-order valence-electron chi connectivity index (χ2n) is 9.65. The highest BCUT2D eigenvalue weighted by Gasteiger charge is 2.49. The zero-order chi connectivity index (χ0) is 24.4. The predicted molar refractivity (Wildman–Crippen MR) is 134 cm³/mol. The highest BCUT2D eigenvalue weighted by atomic mass is 32.2. The van der Waals surface area contributed by atoms with Crippen LogP contribution in [0.4, 0.5) is 4.79 Å². The molecule has 0 aliphatic heterocycles. The van der Waals surface area contributed by atoms with E-state index >= 15 is 0 Å². The van der Waals surface area contributed by atoms with Crippen LogP contribution < -0.4 is 10.6 Å². The molecule has 3 aliphatic carbocycles. The van der Waals surface area contributed by atoms with E-state index < -0.39 is 12.1 Å². The fourth-order valence-electron chi connectivity index (χ4n) is 5.88. The number of alkyl carbamates (subject to hydrolysis) is 1. The summed E-state index contributed by atoms with van der Waals surface area (Å²) < 4.78 is 5.53. The van der Waals surface area contributed by atoms with Crippen molar-refractivity contribution in [3.05, 3.63) is 59.7 Å². The van der Waals surface area contributed by atoms with Crippen molar-refractivity contribution in [2.75, 3.05) is 24.7 Å². The van der Waals surface area contributed by atoms with Crippen molar-refractivity contribution >= 4 is 29.7 Å². The fourth-order valence-corrected chi connectivity index (χ4v) is 6.54. The van der Waals surface area contributed by atoms with Gasteiger partial charge in [-0.05, 0) is 53.4 Å². The first-order valence-corrected chi connectivity index (χ1v) is 13.4. The molecule has 3 aliphatic rings. The molecule has 184 valence electrons. The second-order valence-corrected chi connectivity index (χ2v) is 10.8. The molecule has 7 nitrogen and oxygen atoms in total. The minimum Gasteiger partial charge on any atom is -0.481 e. The molecule has 3 N–H and O–H groups in total. The number of amides is 2. The van der Waals surface area contributed by atoms with Gasteiger partial charge < -0.3 is 20.5 Å². The number of thioether (sulfide) groups is 1. The molecule has 0 radical (unpaired) electrons. The average molecular weight is 495 g/mol. The van der Waals surface area contributed by atoms with Crippen molar-refractivity contribution in [1.82, 2.24) is 10.6 Å². The Labute approximate surface area is 209 Å². The van der Waals surface area contributed by atoms with Crippen LogP contribution in [0.5, 0.6) is 0 Å². The minimum atomic E-state index is -0.719. The number of aliphatic carboxylic acids is 1. The molecule has 0 bridgehead atoms. The monoisotopic (exact) mass is 494 g/mol. The molecular formula is C27H30N2O5S. The van der Waals surface area contributed by atoms with Gasteiger partial charge in [0.15, 0.2) is 0 Å². The maximum Gasteiger partial charge on any atom is 0.407 e. The summed E-state index contributed by atoms with van der Waals surface area (Å²) in [5.41, 5.74) is 4.74. The van der Waals surface area contributed by atoms with Gasteiger partial charge in [0.25, 0.3) is 0 Å². The lowest BCUT2D eigenvalue weighted by molar-refractivity contribution is -0.141. The zero-order valence-corrected chi connectivity index (χ0v) is 20.3. The number of ether oxygens (including phenoxy) is 1. The smallest absolute Gasteiger partial charge is 0.407 e. The Kier molecular flexibility index (Phi) is 7.00. The topological polar surface area (TPSA) is 105 Å². The molecule has 0 heterocycles. The van der Waals surface area contributed by atoms with Gasteiger partial charge in [-0.1, -0.05) is 48.5 Å². The number of carbonyl (C=O) groups is 3. The van der Waals surface area contributed by atoms with E-state index in [1.807, 2.05) is 24.3 Å². The summed E-state index contributed by atoms with van der Waals surface area (Å²) >= 11 is 1.46. The molecule has 4 atom stereocenters. The van der Waals surface area contributed by atoms with E-state index in [1.54, 1.807) is 0 Å². The molecule has 2 saturated carbocycles. The standard InChI is InChI=1S/C27H30N2O5S/c30-25(29-24-13-16-11-17(26(31)32)12-22(16)24)15-35-10-9-28-27(33)34-14-23-20-7-3-1-5-18(20)19-6-2-4-8-21(19)23/h1-8,16-17,22-24H,9-15H2,(H,28,33)(H,29,30)(H,31,32)/t16-,17?,22-,24+/m1/s1. The summed E-state index contributed by atoms with van der Waals surface area (Å²) in [6.07, 6.45) is 1.84. The van der Waals surface area contributed by atoms with E-state index in [4.69, 9.17) is 4.74 Å². The molecule has 0 spiro atoms. The quantitative estimate of drug-likeness (QED) is 0.457. The van der Waals surface area contributed by atoms with Crippen molar-refractivity contribution in [3.63, 3.8) is 0 Å². The van der Waals surface area contributed by atoms with Crippen LogP contribution in [0, 0.1) is 17.8 Å². The number of fused-ring (bicyclic) bond motifs is 4. The summed E-state index contributed by atoms with van der Waals surface area (Å²) in [5.74, 6) is 0.698. The van der Waals surface area contributed by atoms with Crippen molar-refractivity contribution < 1.29 is 24.2 Å². The third kappa shape index (κ3) is 5.03. The lowest BCUT2D eigenvalue weighted by Gasteiger charge is -2.40. The van der Waals surface area contributed by atoms with Crippen LogP contribution in [0.1, 0.15) is 36.3 Å². The summed E-state index contributed by atoms with van der Waals surface area (Å²) in [7, 11) is 0. The molecule has 2 aromatic rings. The van der Waals surface area contributed by atoms with Crippen LogP contribution in [0.25, 0.3) is 11.1 Å². The van der Waals surface area contributed by atoms with E-state index in [1.165, 1.54) is 34.0 Å². The Bertz CT molecular complexity index is 1080. The van der Waals surface area contributed by atoms with Gasteiger partial charge in [-0.15, -0.1) is 0 Å². The number of carboxylic acid groups (broad SMARTS) is 1. The molecule has 2 fully saturated rings. The Morgan fingerprint density at radius 1 is 0.971 bits per heavy atom. The maximum absolute atomic E-state index is 12.2. The van der Waals surface area contributed by atoms with Crippen molar-refractivity contribution in [3.8, 4) is 11.1 Å². The second kappa shape index (κ2) is 10.3. The number of rotatable bonds is 9. The molecule has 8 heteroatoms. The molecule has 2 aromatic carbocycles. The zero-order valence-electron chi connectivity index (χ0n) is 19.4. The minimum absolute atomic E-state index is 0.0293. The van der Waals surface area contributed by atoms with Gasteiger partial charge in [-0.2, -0.15) is 11.8 Å². The number of nitrogens with one attached hydrogen (secondary N) is 2. The molecule has 0 saturated heterocycles. The molecular weight excluding hydrogens is 464 g/mol. The Morgan fingerprint density at radius 2 is 1.66 bits per heavy atom. The maximum atomic E-state index is 12.2.